The lowest BCUT2D eigenvalue weighted by Gasteiger charge is -2.34. The zero-order valence-electron chi connectivity index (χ0n) is 18.9. The molecule has 0 aliphatic carbocycles. The molecule has 1 fully saturated rings. The highest BCUT2D eigenvalue weighted by Crippen LogP contribution is 2.46. The molecule has 3 nitrogen and oxygen atoms in total. The molecule has 2 heterocycles. The van der Waals surface area contributed by atoms with Crippen LogP contribution in [0.3, 0.4) is 0 Å². The Morgan fingerprint density at radius 3 is 2.24 bits per heavy atom. The van der Waals surface area contributed by atoms with Crippen molar-refractivity contribution in [2.24, 2.45) is 0 Å². The van der Waals surface area contributed by atoms with E-state index in [-0.39, 0.29) is 11.8 Å². The van der Waals surface area contributed by atoms with Crippen LogP contribution in [0.4, 0.5) is 13.2 Å². The van der Waals surface area contributed by atoms with Gasteiger partial charge in [0.15, 0.2) is 0 Å². The Kier molecular flexibility index (Phi) is 6.50. The average Bonchev–Trinajstić information content (AvgIpc) is 3.37. The second-order valence-electron chi connectivity index (χ2n) is 9.02. The molecule has 1 saturated heterocycles. The Morgan fingerprint density at radius 1 is 0.853 bits per heavy atom. The number of halogens is 3. The molecule has 0 saturated carbocycles. The van der Waals surface area contributed by atoms with Crippen LogP contribution in [-0.4, -0.2) is 37.7 Å². The normalized spacial score (nSPS) is 20.6. The Labute approximate surface area is 198 Å². The van der Waals surface area contributed by atoms with E-state index in [0.717, 1.165) is 60.0 Å². The first-order valence-electron chi connectivity index (χ1n) is 11.8. The molecule has 5 rings (SSSR count). The molecule has 0 aromatic heterocycles. The topological polar surface area (TPSA) is 21.7 Å². The third-order valence-corrected chi connectivity index (χ3v) is 6.86. The van der Waals surface area contributed by atoms with Gasteiger partial charge in [0.05, 0.1) is 12.2 Å². The number of rotatable bonds is 6. The second kappa shape index (κ2) is 9.71. The molecular weight excluding hydrogens is 439 g/mol. The Hall–Kier alpha value is -2.99. The van der Waals surface area contributed by atoms with Gasteiger partial charge < -0.3 is 9.47 Å². The van der Waals surface area contributed by atoms with Gasteiger partial charge in [-0.25, -0.2) is 0 Å². The van der Waals surface area contributed by atoms with Crippen molar-refractivity contribution in [3.8, 4) is 11.5 Å². The van der Waals surface area contributed by atoms with Crippen LogP contribution in [0.5, 0.6) is 11.5 Å². The van der Waals surface area contributed by atoms with Gasteiger partial charge in [-0.15, -0.1) is 0 Å². The molecule has 0 N–H and O–H groups in total. The van der Waals surface area contributed by atoms with Crippen molar-refractivity contribution in [1.82, 2.24) is 4.90 Å². The van der Waals surface area contributed by atoms with E-state index >= 15 is 0 Å². The molecule has 0 radical (unpaired) electrons. The van der Waals surface area contributed by atoms with Gasteiger partial charge >= 0.3 is 6.18 Å². The molecule has 0 amide bonds. The summed E-state index contributed by atoms with van der Waals surface area (Å²) in [6.07, 6.45) is -1.82. The van der Waals surface area contributed by atoms with Crippen LogP contribution in [0.25, 0.3) is 0 Å². The fourth-order valence-electron chi connectivity index (χ4n) is 5.05. The van der Waals surface area contributed by atoms with Crippen LogP contribution in [-0.2, 0) is 6.18 Å². The Morgan fingerprint density at radius 2 is 1.53 bits per heavy atom. The Bertz CT molecular complexity index is 1090. The molecule has 0 spiro atoms. The molecule has 3 aromatic carbocycles. The zero-order valence-corrected chi connectivity index (χ0v) is 18.9. The van der Waals surface area contributed by atoms with Gasteiger partial charge in [-0.05, 0) is 67.4 Å². The first-order chi connectivity index (χ1) is 16.5. The van der Waals surface area contributed by atoms with Gasteiger partial charge in [0.2, 0.25) is 0 Å². The number of para-hydroxylation sites is 1. The monoisotopic (exact) mass is 467 g/mol. The Balaban J connectivity index is 1.38. The van der Waals surface area contributed by atoms with Crippen molar-refractivity contribution >= 4 is 0 Å². The summed E-state index contributed by atoms with van der Waals surface area (Å²) in [7, 11) is 0. The number of hydrogen-bond acceptors (Lipinski definition) is 3. The predicted octanol–water partition coefficient (Wildman–Crippen LogP) is 6.49. The first kappa shape index (κ1) is 22.8. The maximum Gasteiger partial charge on any atom is 0.416 e. The van der Waals surface area contributed by atoms with Crippen LogP contribution >= 0.6 is 0 Å². The van der Waals surface area contributed by atoms with Crippen molar-refractivity contribution in [3.05, 3.63) is 95.1 Å². The lowest BCUT2D eigenvalue weighted by molar-refractivity contribution is -0.137. The van der Waals surface area contributed by atoms with Crippen LogP contribution in [0.1, 0.15) is 46.9 Å². The summed E-state index contributed by atoms with van der Waals surface area (Å²) in [5.74, 6) is 1.52. The summed E-state index contributed by atoms with van der Waals surface area (Å²) in [4.78, 5) is 2.42. The molecular formula is C28H28F3NO2. The van der Waals surface area contributed by atoms with Crippen LogP contribution in [0, 0.1) is 0 Å². The first-order valence-corrected chi connectivity index (χ1v) is 11.8. The highest BCUT2D eigenvalue weighted by molar-refractivity contribution is 5.48. The van der Waals surface area contributed by atoms with E-state index in [9.17, 15) is 13.2 Å². The van der Waals surface area contributed by atoms with E-state index in [1.165, 1.54) is 12.8 Å². The van der Waals surface area contributed by atoms with Gasteiger partial charge in [0.1, 0.15) is 18.1 Å². The molecule has 178 valence electrons. The van der Waals surface area contributed by atoms with Crippen molar-refractivity contribution in [3.63, 3.8) is 0 Å². The maximum absolute atomic E-state index is 13.1. The van der Waals surface area contributed by atoms with Crippen molar-refractivity contribution < 1.29 is 22.6 Å². The summed E-state index contributed by atoms with van der Waals surface area (Å²) >= 11 is 0. The van der Waals surface area contributed by atoms with E-state index in [2.05, 4.69) is 17.0 Å². The fourth-order valence-corrected chi connectivity index (χ4v) is 5.05. The van der Waals surface area contributed by atoms with E-state index in [1.54, 1.807) is 12.1 Å². The minimum atomic E-state index is -4.35. The molecule has 2 aliphatic rings. The number of hydrogen-bond donors (Lipinski definition) is 0. The molecule has 2 atom stereocenters. The third-order valence-electron chi connectivity index (χ3n) is 6.86. The molecule has 2 unspecified atom stereocenters. The number of ether oxygens (including phenoxy) is 2. The minimum Gasteiger partial charge on any atom is -0.493 e. The number of alkyl halides is 3. The SMILES string of the molecule is FC(F)(F)c1ccc(C2COc3ccccc3C2c2ccc(OCCN3CCCC3)cc2)cc1. The summed E-state index contributed by atoms with van der Waals surface area (Å²) < 4.78 is 51.2. The largest absolute Gasteiger partial charge is 0.493 e. The molecule has 2 aliphatic heterocycles. The zero-order chi connectivity index (χ0) is 23.5. The standard InChI is InChI=1S/C28H28F3NO2/c29-28(30,31)22-11-7-20(8-12-22)25-19-34-26-6-2-1-5-24(26)27(25)21-9-13-23(14-10-21)33-18-17-32-15-3-4-16-32/h1-2,5-14,25,27H,3-4,15-19H2. The quantitative estimate of drug-likeness (QED) is 0.414. The van der Waals surface area contributed by atoms with Crippen molar-refractivity contribution in [2.75, 3.05) is 32.8 Å². The smallest absolute Gasteiger partial charge is 0.416 e. The van der Waals surface area contributed by atoms with E-state index < -0.39 is 11.7 Å². The molecule has 0 bridgehead atoms. The van der Waals surface area contributed by atoms with Crippen LogP contribution in [0.2, 0.25) is 0 Å². The number of likely N-dealkylation sites (tertiary alicyclic amines) is 1. The maximum atomic E-state index is 13.1. The van der Waals surface area contributed by atoms with Gasteiger partial charge in [-0.1, -0.05) is 42.5 Å². The lowest BCUT2D eigenvalue weighted by atomic mass is 9.76. The number of benzene rings is 3. The summed E-state index contributed by atoms with van der Waals surface area (Å²) in [6, 6.07) is 21.5. The summed E-state index contributed by atoms with van der Waals surface area (Å²) in [5.41, 5.74) is 2.33. The second-order valence-corrected chi connectivity index (χ2v) is 9.02. The van der Waals surface area contributed by atoms with Gasteiger partial charge in [-0.2, -0.15) is 13.2 Å². The van der Waals surface area contributed by atoms with Gasteiger partial charge in [-0.3, -0.25) is 4.90 Å². The van der Waals surface area contributed by atoms with Gasteiger partial charge in [0.25, 0.3) is 0 Å². The highest BCUT2D eigenvalue weighted by Gasteiger charge is 2.35. The fraction of sp³-hybridized carbons (Fsp3) is 0.357. The van der Waals surface area contributed by atoms with Crippen LogP contribution < -0.4 is 9.47 Å². The average molecular weight is 468 g/mol. The van der Waals surface area contributed by atoms with Crippen molar-refractivity contribution in [1.29, 1.82) is 0 Å². The molecule has 34 heavy (non-hydrogen) atoms. The minimum absolute atomic E-state index is 0.0275. The van der Waals surface area contributed by atoms with Crippen molar-refractivity contribution in [2.45, 2.75) is 30.9 Å². The lowest BCUT2D eigenvalue weighted by Crippen LogP contribution is -2.25. The number of fused-ring (bicyclic) bond motifs is 1. The predicted molar refractivity (Wildman–Crippen MR) is 126 cm³/mol. The summed E-state index contributed by atoms with van der Waals surface area (Å²) in [5, 5.41) is 0. The molecule has 6 heteroatoms. The van der Waals surface area contributed by atoms with E-state index in [1.807, 2.05) is 36.4 Å². The highest BCUT2D eigenvalue weighted by atomic mass is 19.4. The van der Waals surface area contributed by atoms with E-state index in [0.29, 0.717) is 13.2 Å². The van der Waals surface area contributed by atoms with E-state index in [4.69, 9.17) is 9.47 Å². The summed E-state index contributed by atoms with van der Waals surface area (Å²) in [6.45, 7) is 4.30. The van der Waals surface area contributed by atoms with Gasteiger partial charge in [0, 0.05) is 23.9 Å². The molecule has 3 aromatic rings. The number of nitrogens with zero attached hydrogens (tertiary/aromatic N) is 1. The third kappa shape index (κ3) is 4.92. The van der Waals surface area contributed by atoms with Crippen LogP contribution in [0.15, 0.2) is 72.8 Å².